The number of nitrogens with one attached hydrogen (secondary N) is 1. The van der Waals surface area contributed by atoms with Crippen LogP contribution >= 0.6 is 0 Å². The highest BCUT2D eigenvalue weighted by Gasteiger charge is 2.16. The van der Waals surface area contributed by atoms with Crippen molar-refractivity contribution in [1.29, 1.82) is 0 Å². The van der Waals surface area contributed by atoms with Gasteiger partial charge in [-0.25, -0.2) is 0 Å². The van der Waals surface area contributed by atoms with Gasteiger partial charge in [0.1, 0.15) is 0 Å². The Morgan fingerprint density at radius 1 is 1.04 bits per heavy atom. The molecular weight excluding hydrogens is 282 g/mol. The average Bonchev–Trinajstić information content (AvgIpc) is 3.02. The zero-order valence-corrected chi connectivity index (χ0v) is 13.4. The van der Waals surface area contributed by atoms with Crippen molar-refractivity contribution in [3.63, 3.8) is 0 Å². The van der Waals surface area contributed by atoms with Crippen molar-refractivity contribution in [1.82, 2.24) is 5.32 Å². The van der Waals surface area contributed by atoms with Crippen LogP contribution in [-0.2, 0) is 6.42 Å². The lowest BCUT2D eigenvalue weighted by Gasteiger charge is -2.14. The van der Waals surface area contributed by atoms with Gasteiger partial charge in [-0.1, -0.05) is 48.6 Å². The van der Waals surface area contributed by atoms with Crippen molar-refractivity contribution < 1.29 is 4.79 Å². The Labute approximate surface area is 135 Å². The van der Waals surface area contributed by atoms with Crippen molar-refractivity contribution in [3.8, 4) is 0 Å². The number of carbonyl (C=O) groups is 1. The molecule has 2 nitrogen and oxygen atoms in total. The minimum atomic E-state index is -0.00543. The van der Waals surface area contributed by atoms with Crippen molar-refractivity contribution in [3.05, 3.63) is 65.2 Å². The molecule has 1 aliphatic rings. The van der Waals surface area contributed by atoms with Gasteiger partial charge >= 0.3 is 0 Å². The molecule has 3 aromatic rings. The Morgan fingerprint density at radius 3 is 2.70 bits per heavy atom. The molecule has 3 aromatic carbocycles. The first kappa shape index (κ1) is 14.0. The lowest BCUT2D eigenvalue weighted by Crippen LogP contribution is -2.30. The van der Waals surface area contributed by atoms with Gasteiger partial charge in [0.25, 0.3) is 5.91 Å². The van der Waals surface area contributed by atoms with E-state index in [0.717, 1.165) is 28.1 Å². The molecule has 1 N–H and O–H groups in total. The largest absolute Gasteiger partial charge is 0.350 e. The molecule has 0 saturated heterocycles. The molecule has 1 amide bonds. The van der Waals surface area contributed by atoms with Gasteiger partial charge in [-0.2, -0.15) is 0 Å². The SMILES string of the molecule is CC(C)NC(=O)c1cccc2ccc3c4c(ccc3c12)CC=C4. The van der Waals surface area contributed by atoms with Crippen molar-refractivity contribution in [2.75, 3.05) is 0 Å². The maximum Gasteiger partial charge on any atom is 0.252 e. The Balaban J connectivity index is 2.05. The van der Waals surface area contributed by atoms with Crippen LogP contribution in [0.4, 0.5) is 0 Å². The molecule has 0 spiro atoms. The first-order valence-corrected chi connectivity index (χ1v) is 8.10. The van der Waals surface area contributed by atoms with Crippen LogP contribution < -0.4 is 5.32 Å². The molecule has 0 saturated carbocycles. The fourth-order valence-electron chi connectivity index (χ4n) is 3.47. The van der Waals surface area contributed by atoms with Gasteiger partial charge in [0, 0.05) is 17.0 Å². The van der Waals surface area contributed by atoms with Gasteiger partial charge in [-0.15, -0.1) is 0 Å². The van der Waals surface area contributed by atoms with Gasteiger partial charge in [0.2, 0.25) is 0 Å². The first-order valence-electron chi connectivity index (χ1n) is 8.10. The van der Waals surface area contributed by atoms with Gasteiger partial charge in [-0.05, 0) is 53.6 Å². The van der Waals surface area contributed by atoms with Gasteiger partial charge in [-0.3, -0.25) is 4.79 Å². The smallest absolute Gasteiger partial charge is 0.252 e. The average molecular weight is 301 g/mol. The number of amides is 1. The fraction of sp³-hybridized carbons (Fsp3) is 0.190. The van der Waals surface area contributed by atoms with Crippen LogP contribution in [0.15, 0.2) is 48.5 Å². The molecule has 0 fully saturated rings. The second kappa shape index (κ2) is 5.24. The maximum atomic E-state index is 12.6. The van der Waals surface area contributed by atoms with Gasteiger partial charge in [0.15, 0.2) is 0 Å². The molecule has 4 rings (SSSR count). The molecule has 23 heavy (non-hydrogen) atoms. The van der Waals surface area contributed by atoms with E-state index in [0.29, 0.717) is 0 Å². The number of fused-ring (bicyclic) bond motifs is 5. The minimum absolute atomic E-state index is 0.00543. The summed E-state index contributed by atoms with van der Waals surface area (Å²) in [6, 6.07) is 14.7. The van der Waals surface area contributed by atoms with E-state index >= 15 is 0 Å². The molecule has 2 heteroatoms. The number of benzene rings is 3. The molecule has 0 radical (unpaired) electrons. The van der Waals surface area contributed by atoms with Crippen LogP contribution in [0.2, 0.25) is 0 Å². The second-order valence-corrected chi connectivity index (χ2v) is 6.44. The summed E-state index contributed by atoms with van der Waals surface area (Å²) in [5.41, 5.74) is 3.41. The van der Waals surface area contributed by atoms with E-state index in [1.807, 2.05) is 26.0 Å². The van der Waals surface area contributed by atoms with Crippen LogP contribution in [-0.4, -0.2) is 11.9 Å². The third-order valence-electron chi connectivity index (χ3n) is 4.46. The number of allylic oxidation sites excluding steroid dienone is 1. The Bertz CT molecular complexity index is 966. The number of rotatable bonds is 2. The van der Waals surface area contributed by atoms with E-state index < -0.39 is 0 Å². The summed E-state index contributed by atoms with van der Waals surface area (Å²) in [6.45, 7) is 3.97. The zero-order valence-electron chi connectivity index (χ0n) is 13.4. The lowest BCUT2D eigenvalue weighted by atomic mass is 9.93. The summed E-state index contributed by atoms with van der Waals surface area (Å²) in [6.07, 6.45) is 5.39. The molecule has 1 aliphatic carbocycles. The van der Waals surface area contributed by atoms with E-state index in [1.54, 1.807) is 0 Å². The highest BCUT2D eigenvalue weighted by molar-refractivity contribution is 6.19. The van der Waals surface area contributed by atoms with Crippen LogP contribution in [0, 0.1) is 0 Å². The lowest BCUT2D eigenvalue weighted by molar-refractivity contribution is 0.0945. The summed E-state index contributed by atoms with van der Waals surface area (Å²) < 4.78 is 0. The van der Waals surface area contributed by atoms with E-state index in [9.17, 15) is 4.79 Å². The van der Waals surface area contributed by atoms with Crippen LogP contribution in [0.3, 0.4) is 0 Å². The molecule has 114 valence electrons. The standard InChI is InChI=1S/C21H19NO/c1-13(2)22-21(23)19-8-4-6-15-10-11-17-16-7-3-5-14(16)9-12-18(17)20(15)19/h3-4,6-13H,5H2,1-2H3,(H,22,23). The Hall–Kier alpha value is -2.61. The summed E-state index contributed by atoms with van der Waals surface area (Å²) in [4.78, 5) is 12.6. The zero-order chi connectivity index (χ0) is 16.0. The summed E-state index contributed by atoms with van der Waals surface area (Å²) in [5.74, 6) is -0.00543. The van der Waals surface area contributed by atoms with Crippen molar-refractivity contribution in [2.24, 2.45) is 0 Å². The summed E-state index contributed by atoms with van der Waals surface area (Å²) >= 11 is 0. The Morgan fingerprint density at radius 2 is 1.87 bits per heavy atom. The summed E-state index contributed by atoms with van der Waals surface area (Å²) in [5, 5.41) is 7.56. The molecule has 0 aromatic heterocycles. The second-order valence-electron chi connectivity index (χ2n) is 6.44. The first-order chi connectivity index (χ1) is 11.1. The predicted octanol–water partition coefficient (Wildman–Crippen LogP) is 4.70. The van der Waals surface area contributed by atoms with Crippen LogP contribution in [0.5, 0.6) is 0 Å². The van der Waals surface area contributed by atoms with E-state index in [-0.39, 0.29) is 11.9 Å². The fourth-order valence-corrected chi connectivity index (χ4v) is 3.47. The number of carbonyl (C=O) groups excluding carboxylic acids is 1. The molecule has 0 atom stereocenters. The predicted molar refractivity (Wildman–Crippen MR) is 96.8 cm³/mol. The molecule has 0 bridgehead atoms. The monoisotopic (exact) mass is 301 g/mol. The van der Waals surface area contributed by atoms with E-state index in [1.165, 1.54) is 16.5 Å². The van der Waals surface area contributed by atoms with Gasteiger partial charge in [0.05, 0.1) is 0 Å². The molecule has 0 aliphatic heterocycles. The topological polar surface area (TPSA) is 29.1 Å². The van der Waals surface area contributed by atoms with Gasteiger partial charge < -0.3 is 5.32 Å². The third-order valence-corrected chi connectivity index (χ3v) is 4.46. The quantitative estimate of drug-likeness (QED) is 0.683. The Kier molecular flexibility index (Phi) is 3.19. The van der Waals surface area contributed by atoms with E-state index in [2.05, 4.69) is 47.8 Å². The number of hydrogen-bond acceptors (Lipinski definition) is 1. The van der Waals surface area contributed by atoms with Crippen LogP contribution in [0.25, 0.3) is 27.6 Å². The minimum Gasteiger partial charge on any atom is -0.350 e. The summed E-state index contributed by atoms with van der Waals surface area (Å²) in [7, 11) is 0. The highest BCUT2D eigenvalue weighted by atomic mass is 16.1. The molecular formula is C21H19NO. The number of hydrogen-bond donors (Lipinski definition) is 1. The highest BCUT2D eigenvalue weighted by Crippen LogP contribution is 2.34. The van der Waals surface area contributed by atoms with Crippen LogP contribution in [0.1, 0.15) is 35.3 Å². The maximum absolute atomic E-state index is 12.6. The molecule has 0 heterocycles. The van der Waals surface area contributed by atoms with E-state index in [4.69, 9.17) is 0 Å². The normalized spacial score (nSPS) is 13.0. The molecule has 0 unspecified atom stereocenters. The van der Waals surface area contributed by atoms with Crippen molar-refractivity contribution in [2.45, 2.75) is 26.3 Å². The third kappa shape index (κ3) is 2.22. The van der Waals surface area contributed by atoms with Crippen molar-refractivity contribution >= 4 is 33.5 Å².